The van der Waals surface area contributed by atoms with Crippen LogP contribution in [0, 0.1) is 0 Å². The Hall–Kier alpha value is -1.40. The maximum absolute atomic E-state index is 12.5. The van der Waals surface area contributed by atoms with Crippen molar-refractivity contribution in [2.45, 2.75) is 379 Å². The standard InChI is InChI=1S/C65H127NO5/c1-3-5-7-9-11-13-15-17-19-27-30-33-37-41-45-49-53-57-63(68)62(61-67)66-64(69)58-54-50-46-42-38-34-31-28-25-23-21-20-22-24-26-29-32-36-40-44-48-52-56-60-71-65(70)59-55-51-47-43-39-35-18-16-14-12-10-8-6-4-2/h23,25,62-63,67-68H,3-22,24,26-61H2,1-2H3,(H,66,69)/b25-23-. The van der Waals surface area contributed by atoms with Crippen LogP contribution >= 0.6 is 0 Å². The maximum Gasteiger partial charge on any atom is 0.305 e. The van der Waals surface area contributed by atoms with Crippen molar-refractivity contribution in [1.82, 2.24) is 5.32 Å². The number of ether oxygens (including phenoxy) is 1. The Morgan fingerprint density at radius 2 is 0.662 bits per heavy atom. The van der Waals surface area contributed by atoms with Gasteiger partial charge in [0.1, 0.15) is 0 Å². The number of hydrogen-bond donors (Lipinski definition) is 3. The molecule has 1 amide bonds. The maximum atomic E-state index is 12.5. The lowest BCUT2D eigenvalue weighted by Gasteiger charge is -2.22. The van der Waals surface area contributed by atoms with Crippen molar-refractivity contribution >= 4 is 11.9 Å². The van der Waals surface area contributed by atoms with Crippen LogP contribution in [0.15, 0.2) is 12.2 Å². The van der Waals surface area contributed by atoms with Crippen LogP contribution in [0.25, 0.3) is 0 Å². The van der Waals surface area contributed by atoms with Crippen molar-refractivity contribution in [2.24, 2.45) is 0 Å². The molecular formula is C65H127NO5. The second-order valence-corrected chi connectivity index (χ2v) is 22.5. The Bertz CT molecular complexity index is 1060. The molecule has 0 aliphatic heterocycles. The van der Waals surface area contributed by atoms with Crippen LogP contribution in [0.5, 0.6) is 0 Å². The Balaban J connectivity index is 3.40. The van der Waals surface area contributed by atoms with Crippen molar-refractivity contribution in [3.05, 3.63) is 12.2 Å². The van der Waals surface area contributed by atoms with Crippen molar-refractivity contribution in [3.63, 3.8) is 0 Å². The van der Waals surface area contributed by atoms with Crippen LogP contribution in [-0.4, -0.2) is 47.4 Å². The third kappa shape index (κ3) is 57.7. The van der Waals surface area contributed by atoms with E-state index in [1.807, 2.05) is 0 Å². The van der Waals surface area contributed by atoms with Gasteiger partial charge in [-0.05, 0) is 51.4 Å². The summed E-state index contributed by atoms with van der Waals surface area (Å²) in [5, 5.41) is 23.3. The highest BCUT2D eigenvalue weighted by Gasteiger charge is 2.20. The van der Waals surface area contributed by atoms with E-state index in [4.69, 9.17) is 4.74 Å². The van der Waals surface area contributed by atoms with E-state index in [1.165, 1.54) is 295 Å². The van der Waals surface area contributed by atoms with E-state index in [0.717, 1.165) is 38.5 Å². The van der Waals surface area contributed by atoms with Crippen LogP contribution < -0.4 is 5.32 Å². The predicted octanol–water partition coefficient (Wildman–Crippen LogP) is 20.4. The number of rotatable bonds is 61. The van der Waals surface area contributed by atoms with E-state index in [2.05, 4.69) is 31.3 Å². The summed E-state index contributed by atoms with van der Waals surface area (Å²) in [5.41, 5.74) is 0. The summed E-state index contributed by atoms with van der Waals surface area (Å²) in [6.07, 6.45) is 73.7. The molecule has 0 aliphatic rings. The van der Waals surface area contributed by atoms with E-state index < -0.39 is 12.1 Å². The Labute approximate surface area is 444 Å². The molecule has 0 aromatic heterocycles. The van der Waals surface area contributed by atoms with Gasteiger partial charge < -0.3 is 20.3 Å². The summed E-state index contributed by atoms with van der Waals surface area (Å²) in [6, 6.07) is -0.545. The number of carbonyl (C=O) groups excluding carboxylic acids is 2. The second kappa shape index (κ2) is 61.1. The van der Waals surface area contributed by atoms with Crippen LogP contribution in [0.2, 0.25) is 0 Å². The zero-order valence-electron chi connectivity index (χ0n) is 48.2. The number of hydrogen-bond acceptors (Lipinski definition) is 5. The molecule has 0 aromatic rings. The molecule has 0 spiro atoms. The van der Waals surface area contributed by atoms with Crippen LogP contribution in [0.1, 0.15) is 367 Å². The summed E-state index contributed by atoms with van der Waals surface area (Å²) in [5.74, 6) is -0.0233. The highest BCUT2D eigenvalue weighted by molar-refractivity contribution is 5.76. The number of aliphatic hydroxyl groups excluding tert-OH is 2. The number of aliphatic hydroxyl groups is 2. The number of esters is 1. The minimum absolute atomic E-state index is 0.0146. The minimum atomic E-state index is -0.668. The molecule has 6 nitrogen and oxygen atoms in total. The zero-order valence-corrected chi connectivity index (χ0v) is 48.2. The summed E-state index contributed by atoms with van der Waals surface area (Å²) in [7, 11) is 0. The molecule has 0 aromatic carbocycles. The molecule has 0 radical (unpaired) electrons. The summed E-state index contributed by atoms with van der Waals surface area (Å²) in [4.78, 5) is 24.6. The molecule has 0 saturated heterocycles. The van der Waals surface area contributed by atoms with Gasteiger partial charge in [-0.25, -0.2) is 0 Å². The molecule has 0 rings (SSSR count). The molecule has 0 fully saturated rings. The molecular weight excluding hydrogens is 875 g/mol. The monoisotopic (exact) mass is 1000 g/mol. The summed E-state index contributed by atoms with van der Waals surface area (Å²) in [6.45, 7) is 4.98. The fraction of sp³-hybridized carbons (Fsp3) is 0.938. The van der Waals surface area contributed by atoms with E-state index >= 15 is 0 Å². The van der Waals surface area contributed by atoms with Gasteiger partial charge in [0, 0.05) is 12.8 Å². The lowest BCUT2D eigenvalue weighted by molar-refractivity contribution is -0.143. The van der Waals surface area contributed by atoms with E-state index in [0.29, 0.717) is 25.9 Å². The van der Waals surface area contributed by atoms with Gasteiger partial charge in [0.25, 0.3) is 0 Å². The molecule has 2 atom stereocenters. The highest BCUT2D eigenvalue weighted by Crippen LogP contribution is 2.18. The molecule has 71 heavy (non-hydrogen) atoms. The summed E-state index contributed by atoms with van der Waals surface area (Å²) < 4.78 is 5.49. The van der Waals surface area contributed by atoms with Crippen LogP contribution in [-0.2, 0) is 14.3 Å². The molecule has 0 saturated carbocycles. The highest BCUT2D eigenvalue weighted by atomic mass is 16.5. The molecule has 6 heteroatoms. The van der Waals surface area contributed by atoms with Gasteiger partial charge >= 0.3 is 5.97 Å². The first-order valence-corrected chi connectivity index (χ1v) is 32.4. The molecule has 0 bridgehead atoms. The average Bonchev–Trinajstić information content (AvgIpc) is 3.37. The van der Waals surface area contributed by atoms with E-state index in [9.17, 15) is 19.8 Å². The second-order valence-electron chi connectivity index (χ2n) is 22.5. The third-order valence-corrected chi connectivity index (χ3v) is 15.3. The molecule has 0 aliphatic carbocycles. The first-order chi connectivity index (χ1) is 35.0. The van der Waals surface area contributed by atoms with Gasteiger partial charge in [0.15, 0.2) is 0 Å². The van der Waals surface area contributed by atoms with Gasteiger partial charge in [-0.3, -0.25) is 9.59 Å². The van der Waals surface area contributed by atoms with Crippen molar-refractivity contribution in [3.8, 4) is 0 Å². The van der Waals surface area contributed by atoms with Gasteiger partial charge in [-0.2, -0.15) is 0 Å². The summed E-state index contributed by atoms with van der Waals surface area (Å²) >= 11 is 0. The van der Waals surface area contributed by atoms with Crippen molar-refractivity contribution < 1.29 is 24.5 Å². The first kappa shape index (κ1) is 69.6. The topological polar surface area (TPSA) is 95.9 Å². The fourth-order valence-corrected chi connectivity index (χ4v) is 10.3. The molecule has 0 heterocycles. The normalized spacial score (nSPS) is 12.6. The SMILES string of the molecule is CCCCCCCCCCCCCCCCCCCC(O)C(CO)NC(=O)CCCCCCCCC/C=C\CCCCCCCCCCCCCCOC(=O)CCCCCCCCCCCCCCCC. The smallest absolute Gasteiger partial charge is 0.305 e. The quantitative estimate of drug-likeness (QED) is 0.0320. The number of amides is 1. The van der Waals surface area contributed by atoms with Gasteiger partial charge in [-0.1, -0.05) is 315 Å². The number of unbranched alkanes of at least 4 members (excludes halogenated alkanes) is 48. The lowest BCUT2D eigenvalue weighted by Crippen LogP contribution is -2.45. The Kier molecular flexibility index (Phi) is 59.9. The predicted molar refractivity (Wildman–Crippen MR) is 310 cm³/mol. The fourth-order valence-electron chi connectivity index (χ4n) is 10.3. The van der Waals surface area contributed by atoms with E-state index in [1.54, 1.807) is 0 Å². The first-order valence-electron chi connectivity index (χ1n) is 32.4. The zero-order chi connectivity index (χ0) is 51.4. The van der Waals surface area contributed by atoms with Gasteiger partial charge in [0.2, 0.25) is 5.91 Å². The molecule has 3 N–H and O–H groups in total. The number of allylic oxidation sites excluding steroid dienone is 2. The largest absolute Gasteiger partial charge is 0.466 e. The van der Waals surface area contributed by atoms with Crippen molar-refractivity contribution in [2.75, 3.05) is 13.2 Å². The number of carbonyl (C=O) groups is 2. The van der Waals surface area contributed by atoms with Crippen LogP contribution in [0.3, 0.4) is 0 Å². The molecule has 2 unspecified atom stereocenters. The number of nitrogens with one attached hydrogen (secondary N) is 1. The average molecular weight is 1000 g/mol. The Morgan fingerprint density at radius 3 is 1.00 bits per heavy atom. The minimum Gasteiger partial charge on any atom is -0.466 e. The van der Waals surface area contributed by atoms with Gasteiger partial charge in [0.05, 0.1) is 25.4 Å². The Morgan fingerprint density at radius 1 is 0.380 bits per heavy atom. The van der Waals surface area contributed by atoms with Crippen LogP contribution in [0.4, 0.5) is 0 Å². The third-order valence-electron chi connectivity index (χ3n) is 15.3. The van der Waals surface area contributed by atoms with E-state index in [-0.39, 0.29) is 18.5 Å². The lowest BCUT2D eigenvalue weighted by atomic mass is 10.0. The van der Waals surface area contributed by atoms with Gasteiger partial charge in [-0.15, -0.1) is 0 Å². The molecule has 422 valence electrons. The van der Waals surface area contributed by atoms with Crippen molar-refractivity contribution in [1.29, 1.82) is 0 Å².